The van der Waals surface area contributed by atoms with Crippen molar-refractivity contribution < 1.29 is 9.63 Å². The molecule has 0 heterocycles. The monoisotopic (exact) mass is 127 g/mol. The summed E-state index contributed by atoms with van der Waals surface area (Å²) >= 11 is 0. The van der Waals surface area contributed by atoms with E-state index in [1.807, 2.05) is 6.92 Å². The van der Waals surface area contributed by atoms with E-state index in [4.69, 9.17) is 6.57 Å². The van der Waals surface area contributed by atoms with E-state index in [0.717, 1.165) is 0 Å². The molecule has 0 aromatic heterocycles. The molecule has 0 spiro atoms. The van der Waals surface area contributed by atoms with Crippen LogP contribution in [0.15, 0.2) is 0 Å². The third-order valence-electron chi connectivity index (χ3n) is 1.15. The lowest BCUT2D eigenvalue weighted by Gasteiger charge is -1.96. The highest BCUT2D eigenvalue weighted by Crippen LogP contribution is 2.02. The van der Waals surface area contributed by atoms with Crippen molar-refractivity contribution in [2.75, 3.05) is 0 Å². The van der Waals surface area contributed by atoms with Gasteiger partial charge in [0, 0.05) is 0 Å². The maximum Gasteiger partial charge on any atom is 0.398 e. The summed E-state index contributed by atoms with van der Waals surface area (Å²) in [4.78, 5) is 14.6. The highest BCUT2D eigenvalue weighted by molar-refractivity contribution is 5.72. The number of rotatable bonds is 2. The average molecular weight is 127 g/mol. The molecule has 9 heavy (non-hydrogen) atoms. The first-order chi connectivity index (χ1) is 4.22. The molecule has 3 nitrogen and oxygen atoms in total. The Morgan fingerprint density at radius 3 is 2.78 bits per heavy atom. The first kappa shape index (κ1) is 7.96. The Hall–Kier alpha value is -1.04. The van der Waals surface area contributed by atoms with Crippen molar-refractivity contribution in [1.82, 2.24) is 0 Å². The van der Waals surface area contributed by atoms with E-state index in [9.17, 15) is 4.79 Å². The molecule has 0 bridgehead atoms. The molecule has 0 rings (SSSR count). The van der Waals surface area contributed by atoms with Gasteiger partial charge in [0.2, 0.25) is 0 Å². The smallest absolute Gasteiger partial charge is 0.243 e. The number of carbonyl (C=O) groups is 1. The molecule has 0 aliphatic carbocycles. The minimum atomic E-state index is -0.437. The Morgan fingerprint density at radius 1 is 1.89 bits per heavy atom. The second-order valence-corrected chi connectivity index (χ2v) is 1.81. The summed E-state index contributed by atoms with van der Waals surface area (Å²) in [6.07, 6.45) is 0.717. The summed E-state index contributed by atoms with van der Waals surface area (Å²) in [5.74, 6) is -0.591. The van der Waals surface area contributed by atoms with E-state index < -0.39 is 5.97 Å². The van der Waals surface area contributed by atoms with Gasteiger partial charge in [0.25, 0.3) is 0 Å². The van der Waals surface area contributed by atoms with Crippen molar-refractivity contribution in [3.8, 4) is 0 Å². The highest BCUT2D eigenvalue weighted by Gasteiger charge is 2.14. The zero-order valence-corrected chi connectivity index (χ0v) is 5.55. The molecule has 1 unspecified atom stereocenters. The molecule has 50 valence electrons. The van der Waals surface area contributed by atoms with Gasteiger partial charge in [0.05, 0.1) is 5.92 Å². The zero-order valence-electron chi connectivity index (χ0n) is 5.55. The molecule has 0 aromatic carbocycles. The van der Waals surface area contributed by atoms with E-state index >= 15 is 0 Å². The van der Waals surface area contributed by atoms with E-state index in [-0.39, 0.29) is 5.92 Å². The molecule has 0 amide bonds. The zero-order chi connectivity index (χ0) is 7.28. The summed E-state index contributed by atoms with van der Waals surface area (Å²) in [6, 6.07) is 0. The normalized spacial score (nSPS) is 11.7. The summed E-state index contributed by atoms with van der Waals surface area (Å²) in [7, 11) is 0. The minimum absolute atomic E-state index is 0.154. The van der Waals surface area contributed by atoms with Crippen molar-refractivity contribution in [1.29, 1.82) is 0 Å². The predicted molar refractivity (Wildman–Crippen MR) is 32.1 cm³/mol. The topological polar surface area (TPSA) is 30.7 Å². The molecule has 0 saturated heterocycles. The first-order valence-corrected chi connectivity index (χ1v) is 2.80. The molecule has 0 saturated carbocycles. The fourth-order valence-corrected chi connectivity index (χ4v) is 0.302. The SMILES string of the molecule is [C-]#[N+]OC(=O)C(C)CC. The maximum atomic E-state index is 10.5. The van der Waals surface area contributed by atoms with Crippen LogP contribution in [0, 0.1) is 12.5 Å². The Kier molecular flexibility index (Phi) is 3.45. The van der Waals surface area contributed by atoms with Gasteiger partial charge < -0.3 is 0 Å². The van der Waals surface area contributed by atoms with E-state index in [1.165, 1.54) is 0 Å². The average Bonchev–Trinajstić information content (AvgIpc) is 1.87. The Labute approximate surface area is 54.4 Å². The van der Waals surface area contributed by atoms with E-state index in [0.29, 0.717) is 6.42 Å². The molecule has 0 aliphatic heterocycles. The standard InChI is InChI=1S/C6H9NO2/c1-4-5(2)6(8)9-7-3/h5H,4H2,1-2H3. The molecule has 0 fully saturated rings. The second kappa shape index (κ2) is 3.90. The van der Waals surface area contributed by atoms with Crippen molar-refractivity contribution in [2.45, 2.75) is 20.3 Å². The number of hydrogen-bond donors (Lipinski definition) is 0. The molecule has 3 heteroatoms. The van der Waals surface area contributed by atoms with Gasteiger partial charge in [-0.25, -0.2) is 4.79 Å². The lowest BCUT2D eigenvalue weighted by molar-refractivity contribution is -0.142. The van der Waals surface area contributed by atoms with Crippen LogP contribution in [-0.2, 0) is 9.63 Å². The summed E-state index contributed by atoms with van der Waals surface area (Å²) in [5.41, 5.74) is 0. The first-order valence-electron chi connectivity index (χ1n) is 2.80. The number of nitrogens with zero attached hydrogens (tertiary/aromatic N) is 1. The van der Waals surface area contributed by atoms with Crippen LogP contribution in [0.3, 0.4) is 0 Å². The van der Waals surface area contributed by atoms with Crippen LogP contribution in [0.25, 0.3) is 5.01 Å². The van der Waals surface area contributed by atoms with E-state index in [2.05, 4.69) is 9.85 Å². The van der Waals surface area contributed by atoms with Crippen LogP contribution >= 0.6 is 0 Å². The van der Waals surface area contributed by atoms with Crippen molar-refractivity contribution >= 4 is 5.97 Å². The molecule has 0 radical (unpaired) electrons. The maximum absolute atomic E-state index is 10.5. The fourth-order valence-electron chi connectivity index (χ4n) is 0.302. The van der Waals surface area contributed by atoms with Gasteiger partial charge in [0.1, 0.15) is 0 Å². The molecular formula is C6H9NO2. The third kappa shape index (κ3) is 2.70. The van der Waals surface area contributed by atoms with Crippen LogP contribution in [0.5, 0.6) is 0 Å². The predicted octanol–water partition coefficient (Wildman–Crippen LogP) is 1.41. The van der Waals surface area contributed by atoms with Gasteiger partial charge in [-0.1, -0.05) is 13.8 Å². The summed E-state index contributed by atoms with van der Waals surface area (Å²) in [6.45, 7) is 9.78. The quantitative estimate of drug-likeness (QED) is 0.414. The van der Waals surface area contributed by atoms with Gasteiger partial charge in [-0.05, 0) is 11.4 Å². The van der Waals surface area contributed by atoms with Crippen molar-refractivity contribution in [2.24, 2.45) is 5.92 Å². The lowest BCUT2D eigenvalue weighted by atomic mass is 10.1. The second-order valence-electron chi connectivity index (χ2n) is 1.81. The molecular weight excluding hydrogens is 118 g/mol. The van der Waals surface area contributed by atoms with Crippen molar-refractivity contribution in [3.05, 3.63) is 11.6 Å². The van der Waals surface area contributed by atoms with Gasteiger partial charge in [0.15, 0.2) is 0 Å². The van der Waals surface area contributed by atoms with E-state index in [1.54, 1.807) is 6.92 Å². The Morgan fingerprint density at radius 2 is 2.44 bits per heavy atom. The number of carbonyl (C=O) groups excluding carboxylic acids is 1. The van der Waals surface area contributed by atoms with Gasteiger partial charge in [-0.2, -0.15) is 6.57 Å². The largest absolute Gasteiger partial charge is 0.398 e. The van der Waals surface area contributed by atoms with Crippen LogP contribution in [0.1, 0.15) is 20.3 Å². The lowest BCUT2D eigenvalue weighted by Crippen LogP contribution is -2.09. The third-order valence-corrected chi connectivity index (χ3v) is 1.15. The van der Waals surface area contributed by atoms with Crippen LogP contribution in [0.4, 0.5) is 0 Å². The van der Waals surface area contributed by atoms with Gasteiger partial charge in [-0.3, -0.25) is 0 Å². The fraction of sp³-hybridized carbons (Fsp3) is 0.667. The van der Waals surface area contributed by atoms with Crippen LogP contribution in [-0.4, -0.2) is 5.97 Å². The highest BCUT2D eigenvalue weighted by atomic mass is 16.7. The summed E-state index contributed by atoms with van der Waals surface area (Å²) in [5, 5.41) is 2.51. The molecule has 0 aromatic rings. The van der Waals surface area contributed by atoms with Crippen LogP contribution < -0.4 is 0 Å². The minimum Gasteiger partial charge on any atom is -0.243 e. The van der Waals surface area contributed by atoms with Gasteiger partial charge >= 0.3 is 5.97 Å². The van der Waals surface area contributed by atoms with Gasteiger partial charge in [-0.15, -0.1) is 4.84 Å². The molecule has 0 N–H and O–H groups in total. The Balaban J connectivity index is 3.62. The van der Waals surface area contributed by atoms with Crippen molar-refractivity contribution in [3.63, 3.8) is 0 Å². The van der Waals surface area contributed by atoms with Crippen LogP contribution in [0.2, 0.25) is 0 Å². The Bertz CT molecular complexity index is 136. The molecule has 1 atom stereocenters. The summed E-state index contributed by atoms with van der Waals surface area (Å²) < 4.78 is 0. The molecule has 0 aliphatic rings. The number of hydrogen-bond acceptors (Lipinski definition) is 2.